The lowest BCUT2D eigenvalue weighted by molar-refractivity contribution is -0.142. The van der Waals surface area contributed by atoms with Gasteiger partial charge in [-0.15, -0.1) is 5.54 Å². The van der Waals surface area contributed by atoms with Crippen LogP contribution < -0.4 is 0 Å². The summed E-state index contributed by atoms with van der Waals surface area (Å²) in [6.07, 6.45) is 0. The Morgan fingerprint density at radius 2 is 1.89 bits per heavy atom. The molecule has 0 radical (unpaired) electrons. The van der Waals surface area contributed by atoms with Crippen molar-refractivity contribution in [3.63, 3.8) is 0 Å². The molecule has 1 unspecified atom stereocenters. The Balaban J connectivity index is 3.14. The SMILES string of the molecule is COC(=O)C(C)c1ccccc1C#C[Si](C)(C)C. The molecule has 0 aliphatic carbocycles. The molecule has 0 fully saturated rings. The van der Waals surface area contributed by atoms with Gasteiger partial charge in [-0.2, -0.15) is 0 Å². The van der Waals surface area contributed by atoms with Gasteiger partial charge in [-0.1, -0.05) is 43.8 Å². The number of esters is 1. The Hall–Kier alpha value is -1.53. The lowest BCUT2D eigenvalue weighted by Gasteiger charge is -2.12. The van der Waals surface area contributed by atoms with Gasteiger partial charge in [0.05, 0.1) is 13.0 Å². The molecule has 96 valence electrons. The molecule has 3 heteroatoms. The molecule has 1 aromatic rings. The van der Waals surface area contributed by atoms with Crippen molar-refractivity contribution in [2.45, 2.75) is 32.5 Å². The van der Waals surface area contributed by atoms with Crippen LogP contribution in [0.5, 0.6) is 0 Å². The van der Waals surface area contributed by atoms with Crippen LogP contribution in [0.1, 0.15) is 24.0 Å². The molecule has 0 N–H and O–H groups in total. The largest absolute Gasteiger partial charge is 0.469 e. The summed E-state index contributed by atoms with van der Waals surface area (Å²) < 4.78 is 4.79. The van der Waals surface area contributed by atoms with Gasteiger partial charge in [0, 0.05) is 5.56 Å². The van der Waals surface area contributed by atoms with Crippen molar-refractivity contribution in [1.82, 2.24) is 0 Å². The fourth-order valence-corrected chi connectivity index (χ4v) is 2.06. The number of methoxy groups -OCH3 is 1. The maximum atomic E-state index is 11.6. The first-order valence-corrected chi connectivity index (χ1v) is 9.55. The number of hydrogen-bond donors (Lipinski definition) is 0. The number of carbonyl (C=O) groups is 1. The van der Waals surface area contributed by atoms with E-state index in [1.807, 2.05) is 31.2 Å². The number of hydrogen-bond acceptors (Lipinski definition) is 2. The molecule has 0 saturated carbocycles. The van der Waals surface area contributed by atoms with Crippen LogP contribution >= 0.6 is 0 Å². The highest BCUT2D eigenvalue weighted by atomic mass is 28.3. The third-order valence-corrected chi connectivity index (χ3v) is 3.43. The Morgan fingerprint density at radius 1 is 1.28 bits per heavy atom. The molecule has 0 heterocycles. The summed E-state index contributed by atoms with van der Waals surface area (Å²) in [4.78, 5) is 11.6. The fourth-order valence-electron chi connectivity index (χ4n) is 1.55. The second-order valence-electron chi connectivity index (χ2n) is 5.33. The summed E-state index contributed by atoms with van der Waals surface area (Å²) in [6, 6.07) is 7.77. The zero-order chi connectivity index (χ0) is 13.8. The van der Waals surface area contributed by atoms with Crippen LogP contribution in [0.2, 0.25) is 19.6 Å². The summed E-state index contributed by atoms with van der Waals surface area (Å²) in [5, 5.41) is 0. The van der Waals surface area contributed by atoms with Gasteiger partial charge in [-0.3, -0.25) is 4.79 Å². The number of ether oxygens (including phenoxy) is 1. The molecular formula is C15H20O2Si. The summed E-state index contributed by atoms with van der Waals surface area (Å²) in [6.45, 7) is 8.45. The topological polar surface area (TPSA) is 26.3 Å². The van der Waals surface area contributed by atoms with Crippen molar-refractivity contribution in [2.75, 3.05) is 7.11 Å². The Kier molecular flexibility index (Phi) is 4.74. The van der Waals surface area contributed by atoms with Gasteiger partial charge in [0.2, 0.25) is 0 Å². The predicted octanol–water partition coefficient (Wildman–Crippen LogP) is 3.19. The lowest BCUT2D eigenvalue weighted by Crippen LogP contribution is -2.16. The van der Waals surface area contributed by atoms with E-state index in [-0.39, 0.29) is 11.9 Å². The van der Waals surface area contributed by atoms with E-state index in [1.54, 1.807) is 0 Å². The maximum absolute atomic E-state index is 11.6. The van der Waals surface area contributed by atoms with Gasteiger partial charge in [-0.05, 0) is 18.6 Å². The fraction of sp³-hybridized carbons (Fsp3) is 0.400. The minimum atomic E-state index is -1.41. The molecule has 18 heavy (non-hydrogen) atoms. The van der Waals surface area contributed by atoms with Gasteiger partial charge in [0.25, 0.3) is 0 Å². The second kappa shape index (κ2) is 5.88. The highest BCUT2D eigenvalue weighted by Gasteiger charge is 2.18. The van der Waals surface area contributed by atoms with Gasteiger partial charge in [0.15, 0.2) is 0 Å². The van der Waals surface area contributed by atoms with Crippen LogP contribution in [0.4, 0.5) is 0 Å². The summed E-state index contributed by atoms with van der Waals surface area (Å²) in [5.41, 5.74) is 5.20. The van der Waals surface area contributed by atoms with Crippen LogP contribution in [0.25, 0.3) is 0 Å². The molecular weight excluding hydrogens is 240 g/mol. The average molecular weight is 260 g/mol. The average Bonchev–Trinajstić information content (AvgIpc) is 2.34. The molecule has 2 nitrogen and oxygen atoms in total. The summed E-state index contributed by atoms with van der Waals surface area (Å²) in [5.74, 6) is 2.72. The highest BCUT2D eigenvalue weighted by molar-refractivity contribution is 6.83. The minimum absolute atomic E-state index is 0.225. The molecule has 0 spiro atoms. The molecule has 1 atom stereocenters. The molecule has 0 aliphatic rings. The van der Waals surface area contributed by atoms with Gasteiger partial charge in [0.1, 0.15) is 8.07 Å². The van der Waals surface area contributed by atoms with Crippen LogP contribution in [0.3, 0.4) is 0 Å². The van der Waals surface area contributed by atoms with E-state index in [0.717, 1.165) is 11.1 Å². The molecule has 1 aromatic carbocycles. The standard InChI is InChI=1S/C15H20O2Si/c1-12(15(16)17-2)14-9-7-6-8-13(14)10-11-18(3,4)5/h6-9,12H,1-5H3. The van der Waals surface area contributed by atoms with E-state index < -0.39 is 8.07 Å². The lowest BCUT2D eigenvalue weighted by atomic mass is 9.96. The van der Waals surface area contributed by atoms with E-state index in [4.69, 9.17) is 4.74 Å². The van der Waals surface area contributed by atoms with Crippen molar-refractivity contribution < 1.29 is 9.53 Å². The van der Waals surface area contributed by atoms with E-state index in [1.165, 1.54) is 7.11 Å². The molecule has 0 amide bonds. The monoisotopic (exact) mass is 260 g/mol. The Labute approximate surface area is 110 Å². The third kappa shape index (κ3) is 4.05. The van der Waals surface area contributed by atoms with Crippen LogP contribution in [-0.2, 0) is 9.53 Å². The maximum Gasteiger partial charge on any atom is 0.312 e. The minimum Gasteiger partial charge on any atom is -0.469 e. The van der Waals surface area contributed by atoms with Crippen molar-refractivity contribution in [2.24, 2.45) is 0 Å². The second-order valence-corrected chi connectivity index (χ2v) is 10.1. The highest BCUT2D eigenvalue weighted by Crippen LogP contribution is 2.20. The third-order valence-electron chi connectivity index (χ3n) is 2.55. The zero-order valence-electron chi connectivity index (χ0n) is 11.7. The van der Waals surface area contributed by atoms with Crippen LogP contribution in [0.15, 0.2) is 24.3 Å². The quantitative estimate of drug-likeness (QED) is 0.464. The molecule has 0 aromatic heterocycles. The number of rotatable bonds is 2. The predicted molar refractivity (Wildman–Crippen MR) is 77.1 cm³/mol. The first-order valence-electron chi connectivity index (χ1n) is 6.05. The Morgan fingerprint density at radius 3 is 2.44 bits per heavy atom. The number of carbonyl (C=O) groups excluding carboxylic acids is 1. The van der Waals surface area contributed by atoms with Gasteiger partial charge < -0.3 is 4.74 Å². The smallest absolute Gasteiger partial charge is 0.312 e. The summed E-state index contributed by atoms with van der Waals surface area (Å²) in [7, 11) is 0.00141. The van der Waals surface area contributed by atoms with Crippen molar-refractivity contribution in [3.05, 3.63) is 35.4 Å². The molecule has 1 rings (SSSR count). The first kappa shape index (κ1) is 14.5. The Bertz CT molecular complexity index is 489. The van der Waals surface area contributed by atoms with E-state index >= 15 is 0 Å². The van der Waals surface area contributed by atoms with Crippen molar-refractivity contribution >= 4 is 14.0 Å². The van der Waals surface area contributed by atoms with Crippen molar-refractivity contribution in [1.29, 1.82) is 0 Å². The molecule has 0 bridgehead atoms. The first-order chi connectivity index (χ1) is 8.35. The van der Waals surface area contributed by atoms with E-state index in [0.29, 0.717) is 0 Å². The number of benzene rings is 1. The molecule has 0 saturated heterocycles. The zero-order valence-corrected chi connectivity index (χ0v) is 12.7. The van der Waals surface area contributed by atoms with E-state index in [9.17, 15) is 4.79 Å². The van der Waals surface area contributed by atoms with Crippen LogP contribution in [-0.4, -0.2) is 21.2 Å². The normalized spacial score (nSPS) is 12.3. The van der Waals surface area contributed by atoms with Gasteiger partial charge in [-0.25, -0.2) is 0 Å². The van der Waals surface area contributed by atoms with Crippen LogP contribution in [0, 0.1) is 11.5 Å². The molecule has 0 aliphatic heterocycles. The van der Waals surface area contributed by atoms with Gasteiger partial charge >= 0.3 is 5.97 Å². The van der Waals surface area contributed by atoms with E-state index in [2.05, 4.69) is 31.1 Å². The van der Waals surface area contributed by atoms with Crippen molar-refractivity contribution in [3.8, 4) is 11.5 Å². The summed E-state index contributed by atoms with van der Waals surface area (Å²) >= 11 is 0.